The van der Waals surface area contributed by atoms with Crippen LogP contribution in [0.15, 0.2) is 48.8 Å². The van der Waals surface area contributed by atoms with E-state index in [1.54, 1.807) is 11.2 Å². The molecule has 2 heterocycles. The average molecular weight is 417 g/mol. The second kappa shape index (κ2) is 8.01. The van der Waals surface area contributed by atoms with Gasteiger partial charge in [0, 0.05) is 19.1 Å². The number of piperidine rings is 1. The number of benzene rings is 2. The molecule has 0 bridgehead atoms. The number of likely N-dealkylation sites (tertiary alicyclic amines) is 1. The van der Waals surface area contributed by atoms with E-state index in [-0.39, 0.29) is 18.6 Å². The predicted molar refractivity (Wildman–Crippen MR) is 106 cm³/mol. The molecule has 0 N–H and O–H groups in total. The molecule has 30 heavy (non-hydrogen) atoms. The molecule has 0 atom stereocenters. The molecule has 4 rings (SSSR count). The molecule has 8 heteroatoms. The number of aryl methyl sites for hydroxylation is 1. The van der Waals surface area contributed by atoms with Crippen molar-refractivity contribution in [3.63, 3.8) is 0 Å². The van der Waals surface area contributed by atoms with Crippen LogP contribution in [0.4, 0.5) is 13.2 Å². The van der Waals surface area contributed by atoms with E-state index in [0.717, 1.165) is 17.7 Å². The van der Waals surface area contributed by atoms with Crippen molar-refractivity contribution >= 4 is 16.9 Å². The van der Waals surface area contributed by atoms with Gasteiger partial charge in [-0.2, -0.15) is 13.2 Å². The Bertz CT molecular complexity index is 1040. The van der Waals surface area contributed by atoms with Gasteiger partial charge in [-0.3, -0.25) is 4.79 Å². The zero-order chi connectivity index (χ0) is 21.3. The van der Waals surface area contributed by atoms with Crippen molar-refractivity contribution in [2.45, 2.75) is 32.0 Å². The summed E-state index contributed by atoms with van der Waals surface area (Å²) in [6.07, 6.45) is -1.37. The fraction of sp³-hybridized carbons (Fsp3) is 0.364. The van der Waals surface area contributed by atoms with Crippen molar-refractivity contribution in [3.8, 4) is 5.75 Å². The first-order valence-electron chi connectivity index (χ1n) is 9.82. The van der Waals surface area contributed by atoms with Gasteiger partial charge in [0.2, 0.25) is 0 Å². The molecule has 158 valence electrons. The quantitative estimate of drug-likeness (QED) is 0.623. The van der Waals surface area contributed by atoms with Crippen LogP contribution in [0.5, 0.6) is 5.75 Å². The van der Waals surface area contributed by atoms with Crippen molar-refractivity contribution in [2.75, 3.05) is 19.7 Å². The molecule has 1 amide bonds. The van der Waals surface area contributed by atoms with Crippen LogP contribution in [-0.2, 0) is 11.0 Å². The third-order valence-corrected chi connectivity index (χ3v) is 5.50. The molecule has 2 aromatic carbocycles. The number of alkyl halides is 3. The number of carbonyl (C=O) groups excluding carboxylic acids is 1. The van der Waals surface area contributed by atoms with E-state index in [2.05, 4.69) is 4.98 Å². The molecule has 0 saturated carbocycles. The summed E-state index contributed by atoms with van der Waals surface area (Å²) in [6, 6.07) is 11.3. The van der Waals surface area contributed by atoms with Crippen molar-refractivity contribution in [3.05, 3.63) is 59.9 Å². The molecule has 1 saturated heterocycles. The summed E-state index contributed by atoms with van der Waals surface area (Å²) < 4.78 is 46.2. The molecule has 3 aromatic rings. The lowest BCUT2D eigenvalue weighted by molar-refractivity contribution is -0.137. The van der Waals surface area contributed by atoms with E-state index in [1.807, 2.05) is 35.8 Å². The van der Waals surface area contributed by atoms with Gasteiger partial charge in [-0.1, -0.05) is 17.7 Å². The Labute approximate surface area is 172 Å². The number of ether oxygens (including phenoxy) is 1. The van der Waals surface area contributed by atoms with Gasteiger partial charge in [0.25, 0.3) is 5.91 Å². The summed E-state index contributed by atoms with van der Waals surface area (Å²) >= 11 is 0. The van der Waals surface area contributed by atoms with Crippen LogP contribution in [0.3, 0.4) is 0 Å². The highest BCUT2D eigenvalue weighted by Gasteiger charge is 2.31. The molecule has 5 nitrogen and oxygen atoms in total. The second-order valence-electron chi connectivity index (χ2n) is 7.57. The maximum absolute atomic E-state index is 12.9. The molecule has 1 aromatic heterocycles. The highest BCUT2D eigenvalue weighted by molar-refractivity contribution is 5.78. The van der Waals surface area contributed by atoms with Crippen LogP contribution in [0.1, 0.15) is 30.0 Å². The molecular weight excluding hydrogens is 395 g/mol. The number of carbonyl (C=O) groups is 1. The minimum Gasteiger partial charge on any atom is -0.484 e. The number of halogens is 3. The summed E-state index contributed by atoms with van der Waals surface area (Å²) in [7, 11) is 0. The van der Waals surface area contributed by atoms with Crippen LogP contribution in [0.25, 0.3) is 11.0 Å². The summed E-state index contributed by atoms with van der Waals surface area (Å²) in [5.41, 5.74) is 1.43. The Balaban J connectivity index is 1.36. The summed E-state index contributed by atoms with van der Waals surface area (Å²) in [5, 5.41) is 0. The van der Waals surface area contributed by atoms with Gasteiger partial charge < -0.3 is 14.2 Å². The fourth-order valence-electron chi connectivity index (χ4n) is 3.76. The van der Waals surface area contributed by atoms with E-state index in [1.165, 1.54) is 6.07 Å². The van der Waals surface area contributed by atoms with Crippen molar-refractivity contribution < 1.29 is 22.7 Å². The molecule has 0 spiro atoms. The maximum Gasteiger partial charge on any atom is 0.416 e. The smallest absolute Gasteiger partial charge is 0.416 e. The van der Waals surface area contributed by atoms with E-state index in [9.17, 15) is 18.0 Å². The average Bonchev–Trinajstić information content (AvgIpc) is 3.16. The third kappa shape index (κ3) is 4.27. The SMILES string of the molecule is Cc1ccc(OCC(=O)N2CCC(n3cnc4cc(C(F)(F)F)ccc43)CC2)cc1. The van der Waals surface area contributed by atoms with Crippen molar-refractivity contribution in [1.82, 2.24) is 14.5 Å². The minimum atomic E-state index is -4.38. The van der Waals surface area contributed by atoms with Crippen molar-refractivity contribution in [1.29, 1.82) is 0 Å². The monoisotopic (exact) mass is 417 g/mol. The standard InChI is InChI=1S/C22H22F3N3O2/c1-15-2-5-18(6-3-15)30-13-21(29)27-10-8-17(9-11-27)28-14-26-19-12-16(22(23,24)25)4-7-20(19)28/h2-7,12,14,17H,8-11,13H2,1H3. The summed E-state index contributed by atoms with van der Waals surface area (Å²) in [4.78, 5) is 18.4. The Morgan fingerprint density at radius 2 is 1.83 bits per heavy atom. The van der Waals surface area contributed by atoms with E-state index < -0.39 is 11.7 Å². The van der Waals surface area contributed by atoms with Crippen LogP contribution in [0.2, 0.25) is 0 Å². The van der Waals surface area contributed by atoms with Crippen LogP contribution >= 0.6 is 0 Å². The Kier molecular flexibility index (Phi) is 5.40. The molecule has 1 aliphatic rings. The number of amides is 1. The van der Waals surface area contributed by atoms with Crippen LogP contribution in [-0.4, -0.2) is 40.1 Å². The number of hydrogen-bond acceptors (Lipinski definition) is 3. The van der Waals surface area contributed by atoms with Gasteiger partial charge in [0.05, 0.1) is 22.9 Å². The number of aromatic nitrogens is 2. The molecule has 0 radical (unpaired) electrons. The highest BCUT2D eigenvalue weighted by atomic mass is 19.4. The van der Waals surface area contributed by atoms with E-state index in [4.69, 9.17) is 4.74 Å². The number of imidazole rings is 1. The number of rotatable bonds is 4. The van der Waals surface area contributed by atoms with E-state index in [0.29, 0.717) is 42.7 Å². The Morgan fingerprint density at radius 3 is 2.50 bits per heavy atom. The van der Waals surface area contributed by atoms with E-state index >= 15 is 0 Å². The van der Waals surface area contributed by atoms with Gasteiger partial charge in [-0.25, -0.2) is 4.98 Å². The van der Waals surface area contributed by atoms with Gasteiger partial charge >= 0.3 is 6.18 Å². The molecule has 1 fully saturated rings. The van der Waals surface area contributed by atoms with Gasteiger partial charge in [-0.15, -0.1) is 0 Å². The fourth-order valence-corrected chi connectivity index (χ4v) is 3.76. The first kappa shape index (κ1) is 20.3. The summed E-state index contributed by atoms with van der Waals surface area (Å²) in [6.45, 7) is 3.11. The Morgan fingerprint density at radius 1 is 1.13 bits per heavy atom. The first-order valence-corrected chi connectivity index (χ1v) is 9.82. The largest absolute Gasteiger partial charge is 0.484 e. The number of fused-ring (bicyclic) bond motifs is 1. The topological polar surface area (TPSA) is 47.4 Å². The maximum atomic E-state index is 12.9. The normalized spacial score (nSPS) is 15.5. The number of hydrogen-bond donors (Lipinski definition) is 0. The first-order chi connectivity index (χ1) is 14.3. The molecule has 1 aliphatic heterocycles. The second-order valence-corrected chi connectivity index (χ2v) is 7.57. The summed E-state index contributed by atoms with van der Waals surface area (Å²) in [5.74, 6) is 0.589. The lowest BCUT2D eigenvalue weighted by Crippen LogP contribution is -2.41. The molecular formula is C22H22F3N3O2. The lowest BCUT2D eigenvalue weighted by atomic mass is 10.0. The van der Waals surface area contributed by atoms with Crippen LogP contribution < -0.4 is 4.74 Å². The zero-order valence-corrected chi connectivity index (χ0v) is 16.5. The lowest BCUT2D eigenvalue weighted by Gasteiger charge is -2.32. The van der Waals surface area contributed by atoms with Gasteiger partial charge in [0.15, 0.2) is 6.61 Å². The van der Waals surface area contributed by atoms with Gasteiger partial charge in [0.1, 0.15) is 5.75 Å². The van der Waals surface area contributed by atoms with Crippen LogP contribution in [0, 0.1) is 6.92 Å². The van der Waals surface area contributed by atoms with Crippen molar-refractivity contribution in [2.24, 2.45) is 0 Å². The Hall–Kier alpha value is -3.03. The predicted octanol–water partition coefficient (Wildman–Crippen LogP) is 4.61. The molecule has 0 unspecified atom stereocenters. The third-order valence-electron chi connectivity index (χ3n) is 5.50. The molecule has 0 aliphatic carbocycles. The minimum absolute atomic E-state index is 0.0120. The van der Waals surface area contributed by atoms with Gasteiger partial charge in [-0.05, 0) is 50.1 Å². The highest BCUT2D eigenvalue weighted by Crippen LogP contribution is 2.33. The number of nitrogens with zero attached hydrogens (tertiary/aromatic N) is 3. The zero-order valence-electron chi connectivity index (χ0n) is 16.5.